The van der Waals surface area contributed by atoms with Gasteiger partial charge in [-0.2, -0.15) is 0 Å². The van der Waals surface area contributed by atoms with E-state index in [1.54, 1.807) is 0 Å². The zero-order chi connectivity index (χ0) is 35.4. The van der Waals surface area contributed by atoms with Gasteiger partial charge in [0.25, 0.3) is 0 Å². The summed E-state index contributed by atoms with van der Waals surface area (Å²) in [5.74, 6) is 0. The highest BCUT2D eigenvalue weighted by molar-refractivity contribution is 7.86. The van der Waals surface area contributed by atoms with Gasteiger partial charge in [-0.3, -0.25) is 4.98 Å². The van der Waals surface area contributed by atoms with Crippen LogP contribution < -0.4 is 31.8 Å². The molecule has 250 valence electrons. The summed E-state index contributed by atoms with van der Waals surface area (Å²) in [6, 6.07) is 65.2. The molecule has 0 spiro atoms. The average molecular weight is 708 g/mol. The Hall–Kier alpha value is -5.85. The summed E-state index contributed by atoms with van der Waals surface area (Å²) in [6.45, 7) is 0. The van der Waals surface area contributed by atoms with E-state index < -0.39 is 14.3 Å². The van der Waals surface area contributed by atoms with Crippen LogP contribution in [0.15, 0.2) is 213 Å². The van der Waals surface area contributed by atoms with E-state index in [2.05, 4.69) is 12.1 Å². The lowest BCUT2D eigenvalue weighted by Gasteiger charge is -2.26. The molecular formula is C47H35NO2P2. The molecule has 0 unspecified atom stereocenters. The van der Waals surface area contributed by atoms with Gasteiger partial charge in [0.1, 0.15) is 0 Å². The molecule has 8 rings (SSSR count). The van der Waals surface area contributed by atoms with Crippen molar-refractivity contribution in [3.8, 4) is 33.4 Å². The van der Waals surface area contributed by atoms with Crippen LogP contribution >= 0.6 is 14.3 Å². The minimum absolute atomic E-state index is 0.732. The van der Waals surface area contributed by atoms with E-state index >= 15 is 9.13 Å². The molecule has 0 aliphatic heterocycles. The van der Waals surface area contributed by atoms with Crippen LogP contribution in [0.2, 0.25) is 0 Å². The van der Waals surface area contributed by atoms with Crippen molar-refractivity contribution in [2.24, 2.45) is 0 Å². The van der Waals surface area contributed by atoms with Crippen LogP contribution in [-0.2, 0) is 9.13 Å². The average Bonchev–Trinajstić information content (AvgIpc) is 3.24. The zero-order valence-electron chi connectivity index (χ0n) is 28.4. The van der Waals surface area contributed by atoms with Gasteiger partial charge < -0.3 is 9.13 Å². The molecule has 1 heterocycles. The van der Waals surface area contributed by atoms with Gasteiger partial charge in [-0.1, -0.05) is 200 Å². The van der Waals surface area contributed by atoms with Crippen LogP contribution in [0.4, 0.5) is 0 Å². The molecule has 1 aromatic heterocycles. The molecule has 0 amide bonds. The first-order chi connectivity index (χ1) is 25.6. The van der Waals surface area contributed by atoms with Crippen LogP contribution in [0.1, 0.15) is 0 Å². The van der Waals surface area contributed by atoms with E-state index in [0.29, 0.717) is 0 Å². The fraction of sp³-hybridized carbons (Fsp3) is 0. The lowest BCUT2D eigenvalue weighted by Crippen LogP contribution is -2.27. The van der Waals surface area contributed by atoms with Crippen molar-refractivity contribution in [1.82, 2.24) is 4.98 Å². The second-order valence-electron chi connectivity index (χ2n) is 12.6. The molecule has 0 aliphatic rings. The van der Waals surface area contributed by atoms with Gasteiger partial charge >= 0.3 is 0 Å². The van der Waals surface area contributed by atoms with Gasteiger partial charge in [-0.05, 0) is 16.7 Å². The first kappa shape index (κ1) is 33.3. The van der Waals surface area contributed by atoms with E-state index in [9.17, 15) is 0 Å². The monoisotopic (exact) mass is 707 g/mol. The molecule has 8 aromatic rings. The van der Waals surface area contributed by atoms with Gasteiger partial charge in [-0.15, -0.1) is 0 Å². The van der Waals surface area contributed by atoms with Gasteiger partial charge in [0, 0.05) is 60.9 Å². The van der Waals surface area contributed by atoms with E-state index in [4.69, 9.17) is 4.98 Å². The highest BCUT2D eigenvalue weighted by Crippen LogP contribution is 2.50. The minimum Gasteiger partial charge on any atom is -0.309 e. The lowest BCUT2D eigenvalue weighted by molar-refractivity contribution is 0.591. The van der Waals surface area contributed by atoms with Crippen molar-refractivity contribution < 1.29 is 9.13 Å². The third-order valence-electron chi connectivity index (χ3n) is 9.55. The summed E-state index contributed by atoms with van der Waals surface area (Å²) < 4.78 is 31.7. The van der Waals surface area contributed by atoms with Crippen molar-refractivity contribution in [2.75, 3.05) is 0 Å². The topological polar surface area (TPSA) is 47.0 Å². The Morgan fingerprint density at radius 3 is 0.942 bits per heavy atom. The highest BCUT2D eigenvalue weighted by Gasteiger charge is 2.35. The number of hydrogen-bond donors (Lipinski definition) is 0. The molecule has 52 heavy (non-hydrogen) atoms. The zero-order valence-corrected chi connectivity index (χ0v) is 30.2. The molecule has 7 aromatic carbocycles. The smallest absolute Gasteiger partial charge is 0.171 e. The Labute approximate surface area is 305 Å². The summed E-state index contributed by atoms with van der Waals surface area (Å²) in [4.78, 5) is 4.88. The quantitative estimate of drug-likeness (QED) is 0.141. The third kappa shape index (κ3) is 5.89. The Bertz CT molecular complexity index is 2310. The van der Waals surface area contributed by atoms with Crippen molar-refractivity contribution >= 4 is 46.1 Å². The van der Waals surface area contributed by atoms with Crippen LogP contribution in [0, 0.1) is 0 Å². The third-order valence-corrected chi connectivity index (χ3v) is 15.8. The molecule has 0 radical (unpaired) electrons. The molecular weight excluding hydrogens is 672 g/mol. The minimum atomic E-state index is -3.37. The van der Waals surface area contributed by atoms with Gasteiger partial charge in [0.2, 0.25) is 0 Å². The summed E-state index contributed by atoms with van der Waals surface area (Å²) in [7, 11) is -6.73. The van der Waals surface area contributed by atoms with Crippen molar-refractivity contribution in [2.45, 2.75) is 0 Å². The normalized spacial score (nSPS) is 11.6. The van der Waals surface area contributed by atoms with Crippen LogP contribution in [0.3, 0.4) is 0 Å². The highest BCUT2D eigenvalue weighted by atomic mass is 31.2. The van der Waals surface area contributed by atoms with E-state index in [1.165, 1.54) is 0 Å². The Kier molecular flexibility index (Phi) is 9.23. The number of nitrogens with zero attached hydrogens (tertiary/aromatic N) is 1. The number of pyridine rings is 1. The van der Waals surface area contributed by atoms with Gasteiger partial charge in [-0.25, -0.2) is 0 Å². The molecule has 0 fully saturated rings. The maximum absolute atomic E-state index is 15.9. The molecule has 0 N–H and O–H groups in total. The van der Waals surface area contributed by atoms with Crippen molar-refractivity contribution in [3.63, 3.8) is 0 Å². The van der Waals surface area contributed by atoms with Crippen LogP contribution in [0.5, 0.6) is 0 Å². The predicted octanol–water partition coefficient (Wildman–Crippen LogP) is 9.36. The second-order valence-corrected chi connectivity index (χ2v) is 18.0. The first-order valence-corrected chi connectivity index (χ1v) is 20.7. The fourth-order valence-electron chi connectivity index (χ4n) is 7.14. The standard InChI is InChI=1S/C47H35NO2P2/c49-51(37-22-8-2-9-23-37,38-24-10-3-11-25-38)45-32-18-16-30-41(45)43-34-48-35-44(47(43)36-20-6-1-7-21-36)42-31-17-19-33-46(42)52(50,39-26-12-4-13-27-39)40-28-14-5-15-29-40/h1-35H. The molecule has 0 atom stereocenters. The molecule has 0 saturated heterocycles. The Balaban J connectivity index is 1.44. The molecule has 3 nitrogen and oxygen atoms in total. The van der Waals surface area contributed by atoms with E-state index in [0.717, 1.165) is 65.2 Å². The van der Waals surface area contributed by atoms with Crippen LogP contribution in [-0.4, -0.2) is 4.98 Å². The number of hydrogen-bond acceptors (Lipinski definition) is 3. The summed E-state index contributed by atoms with van der Waals surface area (Å²) in [6.07, 6.45) is 3.75. The van der Waals surface area contributed by atoms with E-state index in [1.807, 2.05) is 200 Å². The van der Waals surface area contributed by atoms with Crippen molar-refractivity contribution in [3.05, 3.63) is 213 Å². The number of aromatic nitrogens is 1. The molecule has 5 heteroatoms. The molecule has 0 aliphatic carbocycles. The Morgan fingerprint density at radius 1 is 0.308 bits per heavy atom. The predicted molar refractivity (Wildman–Crippen MR) is 219 cm³/mol. The van der Waals surface area contributed by atoms with E-state index in [-0.39, 0.29) is 0 Å². The van der Waals surface area contributed by atoms with Crippen molar-refractivity contribution in [1.29, 1.82) is 0 Å². The number of rotatable bonds is 9. The lowest BCUT2D eigenvalue weighted by atomic mass is 9.89. The molecule has 0 saturated carbocycles. The first-order valence-electron chi connectivity index (χ1n) is 17.3. The maximum atomic E-state index is 15.9. The fourth-order valence-corrected chi connectivity index (χ4v) is 12.9. The van der Waals surface area contributed by atoms with Crippen LogP contribution in [0.25, 0.3) is 33.4 Å². The second kappa shape index (κ2) is 14.4. The van der Waals surface area contributed by atoms with Gasteiger partial charge in [0.05, 0.1) is 0 Å². The summed E-state index contributed by atoms with van der Waals surface area (Å²) >= 11 is 0. The SMILES string of the molecule is O=P(c1ccccc1)(c1ccccc1)c1ccccc1-c1cncc(-c2ccccc2P(=O)(c2ccccc2)c2ccccc2)c1-c1ccccc1. The largest absolute Gasteiger partial charge is 0.309 e. The number of benzene rings is 7. The van der Waals surface area contributed by atoms with Gasteiger partial charge in [0.15, 0.2) is 14.3 Å². The summed E-state index contributed by atoms with van der Waals surface area (Å²) in [5.41, 5.74) is 5.25. The Morgan fingerprint density at radius 2 is 0.596 bits per heavy atom. The molecule has 0 bridgehead atoms. The summed E-state index contributed by atoms with van der Waals surface area (Å²) in [5, 5.41) is 4.51. The maximum Gasteiger partial charge on any atom is 0.171 e.